The van der Waals surface area contributed by atoms with Crippen LogP contribution >= 0.6 is 27.7 Å². The first kappa shape index (κ1) is 12.4. The summed E-state index contributed by atoms with van der Waals surface area (Å²) in [4.78, 5) is 8.18. The summed E-state index contributed by atoms with van der Waals surface area (Å²) in [6.45, 7) is 0.656. The Kier molecular flexibility index (Phi) is 4.82. The third kappa shape index (κ3) is 4.36. The maximum absolute atomic E-state index is 5.59. The average Bonchev–Trinajstić information content (AvgIpc) is 2.38. The summed E-state index contributed by atoms with van der Waals surface area (Å²) in [6, 6.07) is 7.81. The molecule has 3 nitrogen and oxygen atoms in total. The van der Waals surface area contributed by atoms with Gasteiger partial charge in [0.1, 0.15) is 10.8 Å². The number of hydrogen-bond acceptors (Lipinski definition) is 4. The Balaban J connectivity index is 1.71. The van der Waals surface area contributed by atoms with Crippen LogP contribution in [0.15, 0.2) is 52.4 Å². The predicted molar refractivity (Wildman–Crippen MR) is 72.4 cm³/mol. The van der Waals surface area contributed by atoms with Gasteiger partial charge in [-0.2, -0.15) is 0 Å². The number of ether oxygens (including phenoxy) is 1. The zero-order valence-electron chi connectivity index (χ0n) is 9.04. The molecule has 17 heavy (non-hydrogen) atoms. The largest absolute Gasteiger partial charge is 0.493 e. The fraction of sp³-hybridized carbons (Fsp3) is 0.167. The van der Waals surface area contributed by atoms with E-state index in [1.54, 1.807) is 30.4 Å². The molecule has 1 heterocycles. The first-order valence-corrected chi connectivity index (χ1v) is 6.89. The highest BCUT2D eigenvalue weighted by Gasteiger charge is 1.96. The van der Waals surface area contributed by atoms with Crippen LogP contribution in [0.2, 0.25) is 0 Å². The van der Waals surface area contributed by atoms with E-state index in [0.717, 1.165) is 21.0 Å². The lowest BCUT2D eigenvalue weighted by Gasteiger charge is -2.05. The lowest BCUT2D eigenvalue weighted by Crippen LogP contribution is -2.00. The number of hydrogen-bond donors (Lipinski definition) is 0. The molecule has 2 rings (SSSR count). The molecule has 0 saturated carbocycles. The van der Waals surface area contributed by atoms with E-state index in [4.69, 9.17) is 4.74 Å². The minimum absolute atomic E-state index is 0.656. The Hall–Kier alpha value is -1.07. The normalized spacial score (nSPS) is 10.2. The molecule has 0 aliphatic carbocycles. The molecule has 0 spiro atoms. The van der Waals surface area contributed by atoms with Gasteiger partial charge in [-0.1, -0.05) is 15.9 Å². The lowest BCUT2D eigenvalue weighted by atomic mass is 10.3. The number of halogens is 1. The van der Waals surface area contributed by atoms with Gasteiger partial charge in [0.25, 0.3) is 0 Å². The third-order valence-electron chi connectivity index (χ3n) is 1.96. The van der Waals surface area contributed by atoms with Gasteiger partial charge in [-0.3, -0.25) is 4.98 Å². The Bertz CT molecular complexity index is 450. The SMILES string of the molecule is Brc1ccc(OCCSc2cnccn2)cc1. The van der Waals surface area contributed by atoms with Crippen molar-refractivity contribution in [2.24, 2.45) is 0 Å². The second kappa shape index (κ2) is 6.61. The molecule has 0 amide bonds. The van der Waals surface area contributed by atoms with Crippen LogP contribution in [0.1, 0.15) is 0 Å². The topological polar surface area (TPSA) is 35.0 Å². The third-order valence-corrected chi connectivity index (χ3v) is 3.36. The van der Waals surface area contributed by atoms with E-state index in [-0.39, 0.29) is 0 Å². The molecular weight excluding hydrogens is 300 g/mol. The van der Waals surface area contributed by atoms with E-state index < -0.39 is 0 Å². The second-order valence-corrected chi connectivity index (χ2v) is 5.23. The molecule has 88 valence electrons. The van der Waals surface area contributed by atoms with Crippen LogP contribution in [-0.4, -0.2) is 22.3 Å². The Labute approximate surface area is 113 Å². The van der Waals surface area contributed by atoms with Gasteiger partial charge in [0.05, 0.1) is 12.8 Å². The lowest BCUT2D eigenvalue weighted by molar-refractivity contribution is 0.344. The van der Waals surface area contributed by atoms with Crippen molar-refractivity contribution in [3.63, 3.8) is 0 Å². The quantitative estimate of drug-likeness (QED) is 0.626. The second-order valence-electron chi connectivity index (χ2n) is 3.19. The van der Waals surface area contributed by atoms with E-state index in [1.165, 1.54) is 0 Å². The zero-order valence-corrected chi connectivity index (χ0v) is 11.4. The summed E-state index contributed by atoms with van der Waals surface area (Å²) in [5, 5.41) is 0.923. The summed E-state index contributed by atoms with van der Waals surface area (Å²) < 4.78 is 6.65. The van der Waals surface area contributed by atoms with Crippen molar-refractivity contribution < 1.29 is 4.74 Å². The van der Waals surface area contributed by atoms with Crippen LogP contribution in [0.25, 0.3) is 0 Å². The number of nitrogens with zero attached hydrogens (tertiary/aromatic N) is 2. The molecule has 0 unspecified atom stereocenters. The van der Waals surface area contributed by atoms with Crippen LogP contribution < -0.4 is 4.74 Å². The smallest absolute Gasteiger partial charge is 0.119 e. The van der Waals surface area contributed by atoms with E-state index in [2.05, 4.69) is 25.9 Å². The Morgan fingerprint density at radius 1 is 1.18 bits per heavy atom. The molecule has 5 heteroatoms. The van der Waals surface area contributed by atoms with E-state index in [9.17, 15) is 0 Å². The number of rotatable bonds is 5. The minimum Gasteiger partial charge on any atom is -0.493 e. The summed E-state index contributed by atoms with van der Waals surface area (Å²) in [6.07, 6.45) is 5.12. The van der Waals surface area contributed by atoms with Crippen molar-refractivity contribution in [3.05, 3.63) is 47.3 Å². The Morgan fingerprint density at radius 3 is 2.71 bits per heavy atom. The van der Waals surface area contributed by atoms with Crippen LogP contribution in [0.3, 0.4) is 0 Å². The van der Waals surface area contributed by atoms with Crippen LogP contribution in [0.4, 0.5) is 0 Å². The fourth-order valence-electron chi connectivity index (χ4n) is 1.20. The molecule has 0 aliphatic rings. The standard InChI is InChI=1S/C12H11BrN2OS/c13-10-1-3-11(4-2-10)16-7-8-17-12-9-14-5-6-15-12/h1-6,9H,7-8H2. The molecule has 0 atom stereocenters. The molecular formula is C12H11BrN2OS. The van der Waals surface area contributed by atoms with Crippen molar-refractivity contribution in [2.75, 3.05) is 12.4 Å². The molecule has 0 fully saturated rings. The Morgan fingerprint density at radius 2 is 2.00 bits per heavy atom. The van der Waals surface area contributed by atoms with Gasteiger partial charge >= 0.3 is 0 Å². The van der Waals surface area contributed by atoms with Gasteiger partial charge in [0.2, 0.25) is 0 Å². The number of aromatic nitrogens is 2. The van der Waals surface area contributed by atoms with Crippen molar-refractivity contribution in [1.29, 1.82) is 0 Å². The predicted octanol–water partition coefficient (Wildman–Crippen LogP) is 3.41. The molecule has 0 aliphatic heterocycles. The van der Waals surface area contributed by atoms with Gasteiger partial charge in [0, 0.05) is 22.6 Å². The minimum atomic E-state index is 0.656. The van der Waals surface area contributed by atoms with Crippen molar-refractivity contribution in [1.82, 2.24) is 9.97 Å². The van der Waals surface area contributed by atoms with E-state index in [1.807, 2.05) is 24.3 Å². The molecule has 1 aromatic carbocycles. The van der Waals surface area contributed by atoms with Gasteiger partial charge in [0.15, 0.2) is 0 Å². The van der Waals surface area contributed by atoms with Crippen LogP contribution in [-0.2, 0) is 0 Å². The summed E-state index contributed by atoms with van der Waals surface area (Å²) in [7, 11) is 0. The van der Waals surface area contributed by atoms with Gasteiger partial charge < -0.3 is 4.74 Å². The highest BCUT2D eigenvalue weighted by Crippen LogP contribution is 2.17. The average molecular weight is 311 g/mol. The summed E-state index contributed by atoms with van der Waals surface area (Å²) >= 11 is 5.02. The number of thioether (sulfide) groups is 1. The molecule has 0 bridgehead atoms. The molecule has 0 saturated heterocycles. The summed E-state index contributed by atoms with van der Waals surface area (Å²) in [5.41, 5.74) is 0. The number of benzene rings is 1. The monoisotopic (exact) mass is 310 g/mol. The van der Waals surface area contributed by atoms with E-state index >= 15 is 0 Å². The van der Waals surface area contributed by atoms with E-state index in [0.29, 0.717) is 6.61 Å². The summed E-state index contributed by atoms with van der Waals surface area (Å²) in [5.74, 6) is 1.74. The highest BCUT2D eigenvalue weighted by molar-refractivity contribution is 9.10. The maximum Gasteiger partial charge on any atom is 0.119 e. The van der Waals surface area contributed by atoms with Crippen LogP contribution in [0.5, 0.6) is 5.75 Å². The van der Waals surface area contributed by atoms with Crippen molar-refractivity contribution in [3.8, 4) is 5.75 Å². The molecule has 1 aromatic heterocycles. The highest BCUT2D eigenvalue weighted by atomic mass is 79.9. The first-order valence-electron chi connectivity index (χ1n) is 5.12. The van der Waals surface area contributed by atoms with Gasteiger partial charge in [-0.25, -0.2) is 4.98 Å². The molecule has 0 N–H and O–H groups in total. The maximum atomic E-state index is 5.59. The molecule has 2 aromatic rings. The van der Waals surface area contributed by atoms with Crippen molar-refractivity contribution >= 4 is 27.7 Å². The first-order chi connectivity index (χ1) is 8.34. The van der Waals surface area contributed by atoms with Gasteiger partial charge in [-0.05, 0) is 24.3 Å². The zero-order chi connectivity index (χ0) is 11.9. The fourth-order valence-corrected chi connectivity index (χ4v) is 2.11. The molecule has 0 radical (unpaired) electrons. The van der Waals surface area contributed by atoms with Crippen LogP contribution in [0, 0.1) is 0 Å². The van der Waals surface area contributed by atoms with Gasteiger partial charge in [-0.15, -0.1) is 11.8 Å². The van der Waals surface area contributed by atoms with Crippen molar-refractivity contribution in [2.45, 2.75) is 5.03 Å².